The Balaban J connectivity index is 0.00000324. The van der Waals surface area contributed by atoms with Crippen LogP contribution in [0.5, 0.6) is 0 Å². The minimum atomic E-state index is -0.370. The molecule has 1 saturated heterocycles. The van der Waals surface area contributed by atoms with Crippen molar-refractivity contribution in [3.8, 4) is 0 Å². The molecule has 0 aromatic carbocycles. The summed E-state index contributed by atoms with van der Waals surface area (Å²) in [5.74, 6) is 0.649. The van der Waals surface area contributed by atoms with Gasteiger partial charge in [0.2, 0.25) is 0 Å². The topological polar surface area (TPSA) is 41.6 Å². The number of ether oxygens (including phenoxy) is 1. The van der Waals surface area contributed by atoms with E-state index >= 15 is 0 Å². The summed E-state index contributed by atoms with van der Waals surface area (Å²) in [5.41, 5.74) is -0.370. The number of piperidine rings is 1. The van der Waals surface area contributed by atoms with E-state index in [0.29, 0.717) is 0 Å². The van der Waals surface area contributed by atoms with Crippen molar-refractivity contribution >= 4 is 18.4 Å². The highest BCUT2D eigenvalue weighted by molar-refractivity contribution is 5.85. The van der Waals surface area contributed by atoms with Crippen molar-refractivity contribution in [2.24, 2.45) is 11.3 Å². The predicted octanol–water partition coefficient (Wildman–Crippen LogP) is 1.93. The molecule has 1 aliphatic rings. The van der Waals surface area contributed by atoms with Crippen molar-refractivity contribution in [1.29, 1.82) is 0 Å². The van der Waals surface area contributed by atoms with Crippen molar-refractivity contribution < 1.29 is 9.53 Å². The van der Waals surface area contributed by atoms with Crippen LogP contribution in [0.3, 0.4) is 0 Å². The first-order valence-electron chi connectivity index (χ1n) is 6.95. The third kappa shape index (κ3) is 6.11. The fraction of sp³-hybridized carbons (Fsp3) is 0.929. The van der Waals surface area contributed by atoms with Gasteiger partial charge in [-0.25, -0.2) is 0 Å². The zero-order valence-corrected chi connectivity index (χ0v) is 13.5. The van der Waals surface area contributed by atoms with Crippen LogP contribution in [0.15, 0.2) is 0 Å². The molecule has 0 aromatic rings. The first kappa shape index (κ1) is 18.7. The molecule has 0 spiro atoms. The first-order valence-corrected chi connectivity index (χ1v) is 6.95. The summed E-state index contributed by atoms with van der Waals surface area (Å²) < 4.78 is 4.85. The molecule has 1 aliphatic heterocycles. The Labute approximate surface area is 123 Å². The van der Waals surface area contributed by atoms with E-state index in [1.165, 1.54) is 20.0 Å². The predicted molar refractivity (Wildman–Crippen MR) is 80.8 cm³/mol. The number of carbonyl (C=O) groups is 1. The van der Waals surface area contributed by atoms with Gasteiger partial charge in [-0.3, -0.25) is 4.79 Å². The molecule has 0 amide bonds. The molecule has 1 heterocycles. The highest BCUT2D eigenvalue weighted by atomic mass is 35.5. The standard InChI is InChI=1S/C14H28N2O2.ClH/c1-14(2,13(17)18-4)7-9-16-8-5-6-12(11-16)10-15-3;/h12,15H,5-11H2,1-4H3;1H. The lowest BCUT2D eigenvalue weighted by atomic mass is 9.88. The van der Waals surface area contributed by atoms with Crippen LogP contribution in [0.2, 0.25) is 0 Å². The summed E-state index contributed by atoms with van der Waals surface area (Å²) in [6.45, 7) is 8.33. The number of hydrogen-bond acceptors (Lipinski definition) is 4. The van der Waals surface area contributed by atoms with Gasteiger partial charge in [0.1, 0.15) is 0 Å². The maximum atomic E-state index is 11.6. The molecular formula is C14H29ClN2O2. The van der Waals surface area contributed by atoms with Crippen molar-refractivity contribution in [3.05, 3.63) is 0 Å². The van der Waals surface area contributed by atoms with E-state index in [2.05, 4.69) is 10.2 Å². The van der Waals surface area contributed by atoms with Gasteiger partial charge in [0.15, 0.2) is 0 Å². The summed E-state index contributed by atoms with van der Waals surface area (Å²) in [6, 6.07) is 0. The minimum Gasteiger partial charge on any atom is -0.469 e. The van der Waals surface area contributed by atoms with E-state index in [1.807, 2.05) is 20.9 Å². The Morgan fingerprint density at radius 2 is 2.16 bits per heavy atom. The number of nitrogens with one attached hydrogen (secondary N) is 1. The molecular weight excluding hydrogens is 264 g/mol. The zero-order valence-electron chi connectivity index (χ0n) is 12.7. The highest BCUT2D eigenvalue weighted by Crippen LogP contribution is 2.24. The lowest BCUT2D eigenvalue weighted by Crippen LogP contribution is -2.41. The van der Waals surface area contributed by atoms with Crippen LogP contribution >= 0.6 is 12.4 Å². The van der Waals surface area contributed by atoms with Crippen LogP contribution in [0, 0.1) is 11.3 Å². The van der Waals surface area contributed by atoms with Crippen LogP contribution in [0.4, 0.5) is 0 Å². The number of nitrogens with zero attached hydrogens (tertiary/aromatic N) is 1. The third-order valence-corrected chi connectivity index (χ3v) is 3.89. The fourth-order valence-corrected chi connectivity index (χ4v) is 2.63. The van der Waals surface area contributed by atoms with Crippen molar-refractivity contribution in [2.75, 3.05) is 40.3 Å². The Bertz CT molecular complexity index is 270. The smallest absolute Gasteiger partial charge is 0.311 e. The molecule has 0 saturated carbocycles. The van der Waals surface area contributed by atoms with Crippen LogP contribution in [-0.4, -0.2) is 51.2 Å². The highest BCUT2D eigenvalue weighted by Gasteiger charge is 2.29. The average molecular weight is 293 g/mol. The number of halogens is 1. The van der Waals surface area contributed by atoms with Crippen LogP contribution in [0.1, 0.15) is 33.1 Å². The van der Waals surface area contributed by atoms with Gasteiger partial charge in [-0.2, -0.15) is 0 Å². The number of rotatable bonds is 6. The molecule has 19 heavy (non-hydrogen) atoms. The number of esters is 1. The molecule has 1 atom stereocenters. The Hall–Kier alpha value is -0.320. The molecule has 1 fully saturated rings. The molecule has 114 valence electrons. The molecule has 0 bridgehead atoms. The lowest BCUT2D eigenvalue weighted by Gasteiger charge is -2.34. The average Bonchev–Trinajstić information content (AvgIpc) is 2.36. The Morgan fingerprint density at radius 1 is 1.47 bits per heavy atom. The minimum absolute atomic E-state index is 0. The van der Waals surface area contributed by atoms with Crippen LogP contribution in [-0.2, 0) is 9.53 Å². The van der Waals surface area contributed by atoms with Gasteiger partial charge in [0.05, 0.1) is 12.5 Å². The van der Waals surface area contributed by atoms with E-state index in [4.69, 9.17) is 4.74 Å². The number of hydrogen-bond donors (Lipinski definition) is 1. The summed E-state index contributed by atoms with van der Waals surface area (Å²) >= 11 is 0. The van der Waals surface area contributed by atoms with Gasteiger partial charge in [-0.05, 0) is 65.7 Å². The van der Waals surface area contributed by atoms with Gasteiger partial charge in [0.25, 0.3) is 0 Å². The van der Waals surface area contributed by atoms with E-state index in [-0.39, 0.29) is 23.8 Å². The van der Waals surface area contributed by atoms with Crippen LogP contribution < -0.4 is 5.32 Å². The van der Waals surface area contributed by atoms with Gasteiger partial charge in [-0.15, -0.1) is 12.4 Å². The maximum Gasteiger partial charge on any atom is 0.311 e. The maximum absolute atomic E-state index is 11.6. The first-order chi connectivity index (χ1) is 8.49. The van der Waals surface area contributed by atoms with Crippen molar-refractivity contribution in [3.63, 3.8) is 0 Å². The van der Waals surface area contributed by atoms with E-state index in [0.717, 1.165) is 38.5 Å². The molecule has 1 rings (SSSR count). The molecule has 1 N–H and O–H groups in total. The normalized spacial score (nSPS) is 20.7. The number of carbonyl (C=O) groups excluding carboxylic acids is 1. The van der Waals surface area contributed by atoms with Crippen molar-refractivity contribution in [1.82, 2.24) is 10.2 Å². The molecule has 0 aliphatic carbocycles. The lowest BCUT2D eigenvalue weighted by molar-refractivity contribution is -0.151. The Kier molecular flexibility index (Phi) is 8.62. The van der Waals surface area contributed by atoms with E-state index < -0.39 is 0 Å². The van der Waals surface area contributed by atoms with Gasteiger partial charge in [0, 0.05) is 6.54 Å². The second-order valence-corrected chi connectivity index (χ2v) is 5.99. The summed E-state index contributed by atoms with van der Waals surface area (Å²) in [4.78, 5) is 14.1. The summed E-state index contributed by atoms with van der Waals surface area (Å²) in [6.07, 6.45) is 3.45. The van der Waals surface area contributed by atoms with E-state index in [9.17, 15) is 4.79 Å². The zero-order chi connectivity index (χ0) is 13.6. The second kappa shape index (κ2) is 8.77. The summed E-state index contributed by atoms with van der Waals surface area (Å²) in [7, 11) is 3.48. The Morgan fingerprint density at radius 3 is 2.74 bits per heavy atom. The van der Waals surface area contributed by atoms with E-state index in [1.54, 1.807) is 0 Å². The molecule has 0 radical (unpaired) electrons. The number of methoxy groups -OCH3 is 1. The largest absolute Gasteiger partial charge is 0.469 e. The SMILES string of the molecule is CNCC1CCCN(CCC(C)(C)C(=O)OC)C1.Cl. The van der Waals surface area contributed by atoms with Crippen molar-refractivity contribution in [2.45, 2.75) is 33.1 Å². The summed E-state index contributed by atoms with van der Waals surface area (Å²) in [5, 5.41) is 3.26. The van der Waals surface area contributed by atoms with Gasteiger partial charge in [-0.1, -0.05) is 0 Å². The second-order valence-electron chi connectivity index (χ2n) is 5.99. The van der Waals surface area contributed by atoms with Crippen LogP contribution in [0.25, 0.3) is 0 Å². The van der Waals surface area contributed by atoms with Gasteiger partial charge < -0.3 is 15.0 Å². The quantitative estimate of drug-likeness (QED) is 0.760. The molecule has 1 unspecified atom stereocenters. The fourth-order valence-electron chi connectivity index (χ4n) is 2.63. The third-order valence-electron chi connectivity index (χ3n) is 3.89. The number of likely N-dealkylation sites (tertiary alicyclic amines) is 1. The molecule has 5 heteroatoms. The molecule has 0 aromatic heterocycles. The van der Waals surface area contributed by atoms with Gasteiger partial charge >= 0.3 is 5.97 Å². The monoisotopic (exact) mass is 292 g/mol. The molecule has 4 nitrogen and oxygen atoms in total.